The molecule has 30 heavy (non-hydrogen) atoms. The fraction of sp³-hybridized carbons (Fsp3) is 0.455. The van der Waals surface area contributed by atoms with E-state index in [1.165, 1.54) is 5.56 Å². The number of carbonyl (C=O) groups is 1. The summed E-state index contributed by atoms with van der Waals surface area (Å²) in [5.74, 6) is 1.34. The van der Waals surface area contributed by atoms with Gasteiger partial charge in [-0.25, -0.2) is 14.5 Å². The largest absolute Gasteiger partial charge is 0.392 e. The van der Waals surface area contributed by atoms with Crippen LogP contribution in [0.5, 0.6) is 0 Å². The van der Waals surface area contributed by atoms with Gasteiger partial charge in [0.15, 0.2) is 5.65 Å². The third-order valence-electron chi connectivity index (χ3n) is 6.37. The lowest BCUT2D eigenvalue weighted by Gasteiger charge is -2.38. The minimum absolute atomic E-state index is 0.00541. The summed E-state index contributed by atoms with van der Waals surface area (Å²) >= 11 is 0. The molecule has 8 heteroatoms. The van der Waals surface area contributed by atoms with Gasteiger partial charge in [0.25, 0.3) is 0 Å². The van der Waals surface area contributed by atoms with Crippen LogP contribution in [-0.4, -0.2) is 61.2 Å². The van der Waals surface area contributed by atoms with Crippen molar-refractivity contribution in [2.75, 3.05) is 24.5 Å². The van der Waals surface area contributed by atoms with E-state index in [0.717, 1.165) is 62.3 Å². The maximum absolute atomic E-state index is 12.9. The quantitative estimate of drug-likeness (QED) is 0.670. The molecule has 2 aliphatic heterocycles. The summed E-state index contributed by atoms with van der Waals surface area (Å²) in [6.07, 6.45) is 8.91. The molecule has 5 rings (SSSR count). The third-order valence-corrected chi connectivity index (χ3v) is 6.37. The first-order chi connectivity index (χ1) is 14.7. The van der Waals surface area contributed by atoms with Crippen molar-refractivity contribution in [3.8, 4) is 0 Å². The van der Waals surface area contributed by atoms with Crippen LogP contribution in [0, 0.1) is 5.92 Å². The molecule has 0 aliphatic carbocycles. The molecule has 5 heterocycles. The standard InChI is InChI=1S/C22H26N6O2/c29-14-16-6-7-20(23-12-16)26-9-10-27-19(13-26)11-18(22(27)30)4-1-3-17-5-2-8-28-21(17)24-15-25-28/h2,5-8,12,15,18-19,29H,1,3-4,9-11,13-14H2/t18-,19-/m0/s1. The van der Waals surface area contributed by atoms with Crippen molar-refractivity contribution < 1.29 is 9.90 Å². The molecule has 0 saturated carbocycles. The lowest BCUT2D eigenvalue weighted by atomic mass is 9.96. The van der Waals surface area contributed by atoms with Crippen molar-refractivity contribution in [3.63, 3.8) is 0 Å². The van der Waals surface area contributed by atoms with E-state index >= 15 is 0 Å². The van der Waals surface area contributed by atoms with Gasteiger partial charge in [-0.15, -0.1) is 0 Å². The Bertz CT molecular complexity index is 1030. The molecular formula is C22H26N6O2. The Hall–Kier alpha value is -3.00. The maximum Gasteiger partial charge on any atom is 0.226 e. The summed E-state index contributed by atoms with van der Waals surface area (Å²) in [5, 5.41) is 13.4. The molecule has 3 aromatic rings. The van der Waals surface area contributed by atoms with E-state index in [1.54, 1.807) is 17.0 Å². The van der Waals surface area contributed by atoms with Gasteiger partial charge in [-0.3, -0.25) is 4.79 Å². The molecule has 0 radical (unpaired) electrons. The second-order valence-corrected chi connectivity index (χ2v) is 8.20. The molecule has 1 amide bonds. The predicted molar refractivity (Wildman–Crippen MR) is 112 cm³/mol. The highest BCUT2D eigenvalue weighted by molar-refractivity contribution is 5.82. The number of amides is 1. The molecule has 8 nitrogen and oxygen atoms in total. The van der Waals surface area contributed by atoms with Crippen LogP contribution in [0.2, 0.25) is 0 Å². The van der Waals surface area contributed by atoms with Crippen LogP contribution >= 0.6 is 0 Å². The Morgan fingerprint density at radius 3 is 2.93 bits per heavy atom. The van der Waals surface area contributed by atoms with Gasteiger partial charge in [-0.2, -0.15) is 5.10 Å². The molecule has 2 atom stereocenters. The number of hydrogen-bond acceptors (Lipinski definition) is 6. The van der Waals surface area contributed by atoms with Crippen LogP contribution in [-0.2, 0) is 17.8 Å². The Kier molecular flexibility index (Phi) is 5.08. The number of aryl methyl sites for hydroxylation is 1. The molecule has 1 N–H and O–H groups in total. The molecule has 2 aliphatic rings. The number of pyridine rings is 2. The number of aliphatic hydroxyl groups is 1. The van der Waals surface area contributed by atoms with E-state index in [9.17, 15) is 9.90 Å². The van der Waals surface area contributed by atoms with Gasteiger partial charge < -0.3 is 14.9 Å². The first kappa shape index (κ1) is 19.0. The average Bonchev–Trinajstić information content (AvgIpc) is 3.39. The molecular weight excluding hydrogens is 380 g/mol. The summed E-state index contributed by atoms with van der Waals surface area (Å²) in [5.41, 5.74) is 2.90. The molecule has 0 unspecified atom stereocenters. The van der Waals surface area contributed by atoms with E-state index in [1.807, 2.05) is 24.4 Å². The van der Waals surface area contributed by atoms with E-state index in [4.69, 9.17) is 0 Å². The van der Waals surface area contributed by atoms with Crippen molar-refractivity contribution in [3.05, 3.63) is 54.1 Å². The summed E-state index contributed by atoms with van der Waals surface area (Å²) in [4.78, 5) is 26.1. The normalized spacial score (nSPS) is 21.4. The number of carbonyl (C=O) groups excluding carboxylic acids is 1. The monoisotopic (exact) mass is 406 g/mol. The van der Waals surface area contributed by atoms with Crippen molar-refractivity contribution in [2.24, 2.45) is 5.92 Å². The third kappa shape index (κ3) is 3.52. The minimum atomic E-state index is 0.00541. The maximum atomic E-state index is 12.9. The predicted octanol–water partition coefficient (Wildman–Crippen LogP) is 1.68. The summed E-state index contributed by atoms with van der Waals surface area (Å²) < 4.78 is 1.80. The number of rotatable bonds is 6. The first-order valence-electron chi connectivity index (χ1n) is 10.6. The summed E-state index contributed by atoms with van der Waals surface area (Å²) in [6, 6.07) is 8.22. The summed E-state index contributed by atoms with van der Waals surface area (Å²) in [7, 11) is 0. The highest BCUT2D eigenvalue weighted by Crippen LogP contribution is 2.32. The zero-order valence-corrected chi connectivity index (χ0v) is 16.9. The fourth-order valence-electron chi connectivity index (χ4n) is 4.80. The Balaban J connectivity index is 1.18. The second kappa shape index (κ2) is 8.02. The number of nitrogens with zero attached hydrogens (tertiary/aromatic N) is 6. The highest BCUT2D eigenvalue weighted by Gasteiger charge is 2.42. The van der Waals surface area contributed by atoms with E-state index < -0.39 is 0 Å². The zero-order valence-electron chi connectivity index (χ0n) is 16.9. The molecule has 3 aromatic heterocycles. The van der Waals surface area contributed by atoms with Crippen LogP contribution in [0.25, 0.3) is 5.65 Å². The van der Waals surface area contributed by atoms with Crippen LogP contribution in [0.1, 0.15) is 30.4 Å². The van der Waals surface area contributed by atoms with E-state index in [0.29, 0.717) is 5.91 Å². The molecule has 156 valence electrons. The number of hydrogen-bond donors (Lipinski definition) is 1. The van der Waals surface area contributed by atoms with Gasteiger partial charge in [0.1, 0.15) is 12.1 Å². The van der Waals surface area contributed by atoms with Gasteiger partial charge in [-0.1, -0.05) is 12.1 Å². The molecule has 0 bridgehead atoms. The SMILES string of the molecule is O=C1[C@@H](CCCc2cccn3ncnc23)C[C@H]2CN(c3ccc(CO)cn3)CCN12. The topological polar surface area (TPSA) is 86.9 Å². The highest BCUT2D eigenvalue weighted by atomic mass is 16.3. The van der Waals surface area contributed by atoms with Crippen molar-refractivity contribution in [1.82, 2.24) is 24.5 Å². The lowest BCUT2D eigenvalue weighted by Crippen LogP contribution is -2.51. The smallest absolute Gasteiger partial charge is 0.226 e. The number of piperazine rings is 1. The Labute approximate surface area is 175 Å². The first-order valence-corrected chi connectivity index (χ1v) is 10.6. The van der Waals surface area contributed by atoms with E-state index in [2.05, 4.69) is 30.9 Å². The van der Waals surface area contributed by atoms with Gasteiger partial charge in [-0.05, 0) is 48.9 Å². The number of anilines is 1. The van der Waals surface area contributed by atoms with Crippen molar-refractivity contribution in [2.45, 2.75) is 38.3 Å². The minimum Gasteiger partial charge on any atom is -0.392 e. The van der Waals surface area contributed by atoms with Crippen LogP contribution in [0.15, 0.2) is 43.0 Å². The van der Waals surface area contributed by atoms with Crippen LogP contribution in [0.4, 0.5) is 5.82 Å². The average molecular weight is 406 g/mol. The van der Waals surface area contributed by atoms with Crippen molar-refractivity contribution >= 4 is 17.4 Å². The Morgan fingerprint density at radius 2 is 2.10 bits per heavy atom. The molecule has 0 spiro atoms. The van der Waals surface area contributed by atoms with Crippen molar-refractivity contribution in [1.29, 1.82) is 0 Å². The fourth-order valence-corrected chi connectivity index (χ4v) is 4.80. The number of fused-ring (bicyclic) bond motifs is 2. The van der Waals surface area contributed by atoms with Gasteiger partial charge in [0.2, 0.25) is 5.91 Å². The van der Waals surface area contributed by atoms with Crippen LogP contribution in [0.3, 0.4) is 0 Å². The van der Waals surface area contributed by atoms with Gasteiger partial charge in [0, 0.05) is 37.9 Å². The Morgan fingerprint density at radius 1 is 1.17 bits per heavy atom. The molecule has 0 aromatic carbocycles. The number of aromatic nitrogens is 4. The van der Waals surface area contributed by atoms with E-state index in [-0.39, 0.29) is 18.6 Å². The molecule has 2 saturated heterocycles. The second-order valence-electron chi connectivity index (χ2n) is 8.20. The molecule has 2 fully saturated rings. The summed E-state index contributed by atoms with van der Waals surface area (Å²) in [6.45, 7) is 2.38. The van der Waals surface area contributed by atoms with Gasteiger partial charge in [0.05, 0.1) is 12.6 Å². The number of aliphatic hydroxyl groups excluding tert-OH is 1. The van der Waals surface area contributed by atoms with Gasteiger partial charge >= 0.3 is 0 Å². The lowest BCUT2D eigenvalue weighted by molar-refractivity contribution is -0.132. The zero-order chi connectivity index (χ0) is 20.5. The van der Waals surface area contributed by atoms with Crippen LogP contribution < -0.4 is 4.90 Å².